The molecule has 0 radical (unpaired) electrons. The van der Waals surface area contributed by atoms with Crippen molar-refractivity contribution in [1.29, 1.82) is 0 Å². The summed E-state index contributed by atoms with van der Waals surface area (Å²) in [4.78, 5) is 28.0. The van der Waals surface area contributed by atoms with Crippen LogP contribution in [0.5, 0.6) is 0 Å². The number of aromatic nitrogens is 1. The maximum absolute atomic E-state index is 11.8. The first-order valence-electron chi connectivity index (χ1n) is 8.15. The number of nitrogens with zero attached hydrogens (tertiary/aromatic N) is 1. The van der Waals surface area contributed by atoms with E-state index in [1.165, 1.54) is 11.8 Å². The number of nitrogens with one attached hydrogen (secondary N) is 1. The summed E-state index contributed by atoms with van der Waals surface area (Å²) in [5.74, 6) is -0.112. The highest BCUT2D eigenvalue weighted by atomic mass is 32.2. The Labute approximate surface area is 159 Å². The van der Waals surface area contributed by atoms with E-state index in [1.807, 2.05) is 54.6 Å². The maximum Gasteiger partial charge on any atom is 0.307 e. The number of carbonyl (C=O) groups is 2. The smallest absolute Gasteiger partial charge is 0.307 e. The summed E-state index contributed by atoms with van der Waals surface area (Å²) in [6.07, 6.45) is 0.243. The van der Waals surface area contributed by atoms with Crippen LogP contribution in [-0.4, -0.2) is 29.2 Å². The number of amides is 1. The maximum atomic E-state index is 11.8. The summed E-state index contributed by atoms with van der Waals surface area (Å²) in [5.41, 5.74) is 1.97. The second kappa shape index (κ2) is 9.35. The number of fused-ring (bicyclic) bond motifs is 1. The topological polar surface area (TPSA) is 68.3 Å². The van der Waals surface area contributed by atoms with E-state index in [1.54, 1.807) is 11.3 Å². The van der Waals surface area contributed by atoms with E-state index in [-0.39, 0.29) is 24.9 Å². The van der Waals surface area contributed by atoms with E-state index in [9.17, 15) is 9.59 Å². The molecule has 0 unspecified atom stereocenters. The van der Waals surface area contributed by atoms with Crippen molar-refractivity contribution in [3.8, 4) is 0 Å². The number of esters is 1. The van der Waals surface area contributed by atoms with Crippen LogP contribution in [0.2, 0.25) is 0 Å². The van der Waals surface area contributed by atoms with Gasteiger partial charge in [0.2, 0.25) is 0 Å². The summed E-state index contributed by atoms with van der Waals surface area (Å²) in [6.45, 7) is 0.169. The van der Waals surface area contributed by atoms with Gasteiger partial charge in [0.1, 0.15) is 0 Å². The van der Waals surface area contributed by atoms with Crippen molar-refractivity contribution in [3.63, 3.8) is 0 Å². The van der Waals surface area contributed by atoms with Crippen molar-refractivity contribution in [2.75, 3.05) is 12.4 Å². The van der Waals surface area contributed by atoms with Crippen LogP contribution in [0.3, 0.4) is 0 Å². The molecule has 0 aliphatic carbocycles. The zero-order valence-corrected chi connectivity index (χ0v) is 15.6. The van der Waals surface area contributed by atoms with E-state index in [0.717, 1.165) is 20.1 Å². The molecule has 1 aromatic heterocycles. The Morgan fingerprint density at radius 1 is 1.08 bits per heavy atom. The Balaban J connectivity index is 1.33. The van der Waals surface area contributed by atoms with Gasteiger partial charge in [0.25, 0.3) is 5.91 Å². The lowest BCUT2D eigenvalue weighted by Crippen LogP contribution is -2.28. The van der Waals surface area contributed by atoms with E-state index >= 15 is 0 Å². The van der Waals surface area contributed by atoms with Crippen molar-refractivity contribution < 1.29 is 14.3 Å². The lowest BCUT2D eigenvalue weighted by Gasteiger charge is -2.06. The van der Waals surface area contributed by atoms with Gasteiger partial charge in [-0.1, -0.05) is 54.2 Å². The van der Waals surface area contributed by atoms with Gasteiger partial charge in [-0.15, -0.1) is 11.3 Å². The summed E-state index contributed by atoms with van der Waals surface area (Å²) in [6, 6.07) is 17.5. The molecule has 5 nitrogen and oxygen atoms in total. The van der Waals surface area contributed by atoms with Crippen molar-refractivity contribution in [3.05, 3.63) is 60.2 Å². The second-order valence-electron chi connectivity index (χ2n) is 5.47. The normalized spacial score (nSPS) is 10.6. The Hall–Kier alpha value is -2.38. The molecule has 0 spiro atoms. The fraction of sp³-hybridized carbons (Fsp3) is 0.211. The van der Waals surface area contributed by atoms with Gasteiger partial charge >= 0.3 is 5.97 Å². The number of rotatable bonds is 8. The number of benzene rings is 2. The summed E-state index contributed by atoms with van der Waals surface area (Å²) < 4.78 is 7.07. The molecule has 0 atom stereocenters. The average Bonchev–Trinajstić information content (AvgIpc) is 3.08. The Bertz CT molecular complexity index is 848. The molecule has 1 heterocycles. The Morgan fingerprint density at radius 2 is 1.85 bits per heavy atom. The van der Waals surface area contributed by atoms with Crippen LogP contribution in [0, 0.1) is 0 Å². The number of thioether (sulfide) groups is 1. The highest BCUT2D eigenvalue weighted by molar-refractivity contribution is 8.01. The number of hydrogen-bond donors (Lipinski definition) is 1. The van der Waals surface area contributed by atoms with Crippen LogP contribution in [0.15, 0.2) is 58.9 Å². The molecule has 26 heavy (non-hydrogen) atoms. The first-order chi connectivity index (χ1) is 12.7. The lowest BCUT2D eigenvalue weighted by atomic mass is 10.2. The highest BCUT2D eigenvalue weighted by Gasteiger charge is 2.09. The molecule has 0 aliphatic rings. The summed E-state index contributed by atoms with van der Waals surface area (Å²) in [5, 5.41) is 2.72. The predicted octanol–water partition coefficient (Wildman–Crippen LogP) is 3.64. The van der Waals surface area contributed by atoms with E-state index in [0.29, 0.717) is 12.3 Å². The number of hydrogen-bond acceptors (Lipinski definition) is 6. The molecule has 0 saturated carbocycles. The largest absolute Gasteiger partial charge is 0.456 e. The predicted molar refractivity (Wildman–Crippen MR) is 104 cm³/mol. The molecule has 0 aliphatic heterocycles. The van der Waals surface area contributed by atoms with Crippen molar-refractivity contribution >= 4 is 45.2 Å². The quantitative estimate of drug-likeness (QED) is 0.473. The molecule has 0 bridgehead atoms. The molecule has 2 aromatic carbocycles. The van der Waals surface area contributed by atoms with Crippen LogP contribution >= 0.6 is 23.1 Å². The average molecular weight is 386 g/mol. The zero-order chi connectivity index (χ0) is 18.2. The molecule has 0 fully saturated rings. The van der Waals surface area contributed by atoms with Crippen LogP contribution in [0.4, 0.5) is 0 Å². The van der Waals surface area contributed by atoms with Gasteiger partial charge in [0.05, 0.1) is 16.6 Å². The van der Waals surface area contributed by atoms with Gasteiger partial charge in [-0.2, -0.15) is 0 Å². The standard InChI is InChI=1S/C19H18N2O3S2/c22-17(20-12-14-6-2-1-3-7-14)13-24-18(23)10-11-25-19-21-15-8-4-5-9-16(15)26-19/h1-9H,10-13H2,(H,20,22). The van der Waals surface area contributed by atoms with E-state index < -0.39 is 0 Å². The molecule has 1 N–H and O–H groups in total. The third kappa shape index (κ3) is 5.57. The van der Waals surface area contributed by atoms with Crippen LogP contribution < -0.4 is 5.32 Å². The van der Waals surface area contributed by atoms with Gasteiger partial charge in [0, 0.05) is 12.3 Å². The van der Waals surface area contributed by atoms with Gasteiger partial charge < -0.3 is 10.1 Å². The fourth-order valence-electron chi connectivity index (χ4n) is 2.20. The number of para-hydroxylation sites is 1. The molecular formula is C19H18N2O3S2. The third-order valence-corrected chi connectivity index (χ3v) is 5.68. The van der Waals surface area contributed by atoms with Crippen molar-refractivity contribution in [1.82, 2.24) is 10.3 Å². The number of ether oxygens (including phenoxy) is 1. The van der Waals surface area contributed by atoms with Gasteiger partial charge in [0.15, 0.2) is 10.9 Å². The lowest BCUT2D eigenvalue weighted by molar-refractivity contribution is -0.148. The Kier molecular flexibility index (Phi) is 6.62. The molecule has 3 aromatic rings. The number of thiazole rings is 1. The summed E-state index contributed by atoms with van der Waals surface area (Å²) in [7, 11) is 0. The third-order valence-electron chi connectivity index (χ3n) is 3.50. The van der Waals surface area contributed by atoms with Gasteiger partial charge in [-0.05, 0) is 17.7 Å². The minimum atomic E-state index is -0.381. The molecule has 3 rings (SSSR count). The SMILES string of the molecule is O=C(COC(=O)CCSc1nc2ccccc2s1)NCc1ccccc1. The first kappa shape index (κ1) is 18.4. The second-order valence-corrected chi connectivity index (χ2v) is 7.84. The number of carbonyl (C=O) groups excluding carboxylic acids is 2. The molecular weight excluding hydrogens is 368 g/mol. The monoisotopic (exact) mass is 386 g/mol. The van der Waals surface area contributed by atoms with E-state index in [2.05, 4.69) is 10.3 Å². The minimum absolute atomic E-state index is 0.243. The fourth-order valence-corrected chi connectivity index (χ4v) is 4.26. The zero-order valence-electron chi connectivity index (χ0n) is 14.0. The van der Waals surface area contributed by atoms with Gasteiger partial charge in [-0.3, -0.25) is 9.59 Å². The molecule has 7 heteroatoms. The Morgan fingerprint density at radius 3 is 2.65 bits per heavy atom. The molecule has 0 saturated heterocycles. The van der Waals surface area contributed by atoms with Crippen molar-refractivity contribution in [2.45, 2.75) is 17.3 Å². The first-order valence-corrected chi connectivity index (χ1v) is 9.95. The molecule has 1 amide bonds. The van der Waals surface area contributed by atoms with Crippen LogP contribution in [0.25, 0.3) is 10.2 Å². The highest BCUT2D eigenvalue weighted by Crippen LogP contribution is 2.29. The van der Waals surface area contributed by atoms with Crippen LogP contribution in [0.1, 0.15) is 12.0 Å². The van der Waals surface area contributed by atoms with E-state index in [4.69, 9.17) is 4.74 Å². The van der Waals surface area contributed by atoms with Gasteiger partial charge in [-0.25, -0.2) is 4.98 Å². The minimum Gasteiger partial charge on any atom is -0.456 e. The summed E-state index contributed by atoms with van der Waals surface area (Å²) >= 11 is 3.13. The molecule has 134 valence electrons. The van der Waals surface area contributed by atoms with Crippen molar-refractivity contribution in [2.24, 2.45) is 0 Å². The van der Waals surface area contributed by atoms with Crippen LogP contribution in [-0.2, 0) is 20.9 Å².